The standard InChI is InChI=1S/C18H15N3O5S/c1-10-4-3-5-12(6-10)19-18-20-17(23)15(27-18)9-11-7-13(21(24)25)16(22)14(8-11)26-2/h3-9,22H,1-2H3,(H,19,20,23)/p-1/b15-9-. The largest absolute Gasteiger partial charge is 0.865 e. The van der Waals surface area contributed by atoms with Crippen molar-refractivity contribution in [1.82, 2.24) is 5.32 Å². The van der Waals surface area contributed by atoms with Crippen molar-refractivity contribution in [2.75, 3.05) is 7.11 Å². The van der Waals surface area contributed by atoms with E-state index in [1.165, 1.54) is 19.3 Å². The molecule has 3 rings (SSSR count). The molecule has 0 radical (unpaired) electrons. The molecule has 1 heterocycles. The summed E-state index contributed by atoms with van der Waals surface area (Å²) in [5.74, 6) is -1.35. The van der Waals surface area contributed by atoms with Gasteiger partial charge in [0.2, 0.25) is 0 Å². The Balaban J connectivity index is 1.93. The Labute approximate surface area is 158 Å². The first kappa shape index (κ1) is 18.5. The SMILES string of the molecule is COc1cc(/C=C2\SC(=Nc3cccc(C)c3)NC2=O)cc([N+](=O)[O-])c1[O-]. The fourth-order valence-electron chi connectivity index (χ4n) is 2.43. The second-order valence-corrected chi connectivity index (χ2v) is 6.68. The summed E-state index contributed by atoms with van der Waals surface area (Å²) in [5.41, 5.74) is 1.44. The summed E-state index contributed by atoms with van der Waals surface area (Å²) >= 11 is 1.11. The Bertz CT molecular complexity index is 1000. The number of aliphatic imine (C=N–C) groups is 1. The second-order valence-electron chi connectivity index (χ2n) is 5.65. The lowest BCUT2D eigenvalue weighted by molar-refractivity contribution is -0.398. The maximum Gasteiger partial charge on any atom is 0.266 e. The lowest BCUT2D eigenvalue weighted by Gasteiger charge is -2.13. The van der Waals surface area contributed by atoms with Crippen LogP contribution in [0.15, 0.2) is 46.3 Å². The number of nitrogens with one attached hydrogen (secondary N) is 1. The van der Waals surface area contributed by atoms with Crippen molar-refractivity contribution in [1.29, 1.82) is 0 Å². The molecular weight excluding hydrogens is 370 g/mol. The lowest BCUT2D eigenvalue weighted by atomic mass is 10.1. The third-order valence-corrected chi connectivity index (χ3v) is 4.56. The third-order valence-electron chi connectivity index (χ3n) is 3.66. The molecule has 0 spiro atoms. The van der Waals surface area contributed by atoms with E-state index in [4.69, 9.17) is 4.74 Å². The number of amidine groups is 1. The van der Waals surface area contributed by atoms with Gasteiger partial charge in [-0.15, -0.1) is 0 Å². The van der Waals surface area contributed by atoms with Crippen LogP contribution in [0.25, 0.3) is 6.08 Å². The minimum atomic E-state index is -0.810. The van der Waals surface area contributed by atoms with Gasteiger partial charge in [-0.3, -0.25) is 14.9 Å². The van der Waals surface area contributed by atoms with Crippen molar-refractivity contribution in [2.24, 2.45) is 4.99 Å². The number of hydrogen-bond acceptors (Lipinski definition) is 7. The number of rotatable bonds is 4. The first-order valence-corrected chi connectivity index (χ1v) is 8.58. The Morgan fingerprint density at radius 2 is 2.07 bits per heavy atom. The Morgan fingerprint density at radius 1 is 1.30 bits per heavy atom. The third kappa shape index (κ3) is 4.09. The number of hydrogen-bond donors (Lipinski definition) is 1. The highest BCUT2D eigenvalue weighted by molar-refractivity contribution is 8.18. The highest BCUT2D eigenvalue weighted by atomic mass is 32.2. The fraction of sp³-hybridized carbons (Fsp3) is 0.111. The molecule has 0 saturated carbocycles. The van der Waals surface area contributed by atoms with E-state index < -0.39 is 16.4 Å². The zero-order chi connectivity index (χ0) is 19.6. The number of nitro groups is 1. The second kappa shape index (κ2) is 7.50. The molecule has 1 N–H and O–H groups in total. The molecule has 0 aromatic heterocycles. The van der Waals surface area contributed by atoms with Crippen LogP contribution in [0.2, 0.25) is 0 Å². The van der Waals surface area contributed by atoms with E-state index in [9.17, 15) is 20.0 Å². The highest BCUT2D eigenvalue weighted by Gasteiger charge is 2.24. The summed E-state index contributed by atoms with van der Waals surface area (Å²) in [4.78, 5) is 27.1. The van der Waals surface area contributed by atoms with Crippen LogP contribution in [0.1, 0.15) is 11.1 Å². The molecule has 0 aliphatic carbocycles. The Kier molecular flexibility index (Phi) is 5.13. The predicted molar refractivity (Wildman–Crippen MR) is 101 cm³/mol. The average Bonchev–Trinajstić information content (AvgIpc) is 2.95. The van der Waals surface area contributed by atoms with Crippen molar-refractivity contribution < 1.29 is 19.6 Å². The van der Waals surface area contributed by atoms with Crippen molar-refractivity contribution in [3.63, 3.8) is 0 Å². The smallest absolute Gasteiger partial charge is 0.266 e. The van der Waals surface area contributed by atoms with E-state index in [2.05, 4.69) is 10.3 Å². The van der Waals surface area contributed by atoms with Crippen LogP contribution in [0.4, 0.5) is 11.4 Å². The van der Waals surface area contributed by atoms with Crippen molar-refractivity contribution >= 4 is 40.3 Å². The van der Waals surface area contributed by atoms with Crippen molar-refractivity contribution in [3.05, 3.63) is 62.5 Å². The van der Waals surface area contributed by atoms with Crippen LogP contribution in [-0.2, 0) is 4.79 Å². The number of ether oxygens (including phenoxy) is 1. The van der Waals surface area contributed by atoms with Gasteiger partial charge in [0, 0.05) is 11.8 Å². The maximum atomic E-state index is 12.2. The molecule has 0 bridgehead atoms. The quantitative estimate of drug-likeness (QED) is 0.492. The number of aryl methyl sites for hydroxylation is 1. The Morgan fingerprint density at radius 3 is 2.74 bits per heavy atom. The number of carbonyl (C=O) groups is 1. The molecule has 1 fully saturated rings. The number of nitro benzene ring substituents is 1. The van der Waals surface area contributed by atoms with Crippen LogP contribution in [0.5, 0.6) is 11.5 Å². The molecular formula is C18H14N3O5S-. The highest BCUT2D eigenvalue weighted by Crippen LogP contribution is 2.36. The van der Waals surface area contributed by atoms with E-state index in [1.54, 1.807) is 0 Å². The molecule has 27 heavy (non-hydrogen) atoms. The summed E-state index contributed by atoms with van der Waals surface area (Å²) in [6.07, 6.45) is 1.45. The van der Waals surface area contributed by atoms with Crippen molar-refractivity contribution in [2.45, 2.75) is 6.92 Å². The normalized spacial score (nSPS) is 16.6. The molecule has 1 saturated heterocycles. The summed E-state index contributed by atoms with van der Waals surface area (Å²) in [6, 6.07) is 9.96. The molecule has 8 nitrogen and oxygen atoms in total. The summed E-state index contributed by atoms with van der Waals surface area (Å²) in [7, 11) is 1.25. The van der Waals surface area contributed by atoms with Gasteiger partial charge in [-0.25, -0.2) is 4.99 Å². The van der Waals surface area contributed by atoms with E-state index >= 15 is 0 Å². The minimum Gasteiger partial charge on any atom is -0.865 e. The van der Waals surface area contributed by atoms with E-state index in [0.29, 0.717) is 21.3 Å². The monoisotopic (exact) mass is 384 g/mol. The fourth-order valence-corrected chi connectivity index (χ4v) is 3.27. The molecule has 1 aliphatic rings. The van der Waals surface area contributed by atoms with E-state index in [0.717, 1.165) is 23.4 Å². The molecule has 0 atom stereocenters. The molecule has 0 unspecified atom stereocenters. The topological polar surface area (TPSA) is 117 Å². The van der Waals surface area contributed by atoms with Crippen LogP contribution < -0.4 is 15.2 Å². The van der Waals surface area contributed by atoms with Gasteiger partial charge in [0.1, 0.15) is 5.75 Å². The van der Waals surface area contributed by atoms with Crippen LogP contribution in [0, 0.1) is 17.0 Å². The van der Waals surface area contributed by atoms with Gasteiger partial charge in [-0.05, 0) is 54.1 Å². The first-order chi connectivity index (χ1) is 12.9. The molecule has 1 amide bonds. The number of thioether (sulfide) groups is 1. The molecule has 9 heteroatoms. The van der Waals surface area contributed by atoms with E-state index in [-0.39, 0.29) is 11.7 Å². The lowest BCUT2D eigenvalue weighted by Crippen LogP contribution is -2.19. The number of amides is 1. The summed E-state index contributed by atoms with van der Waals surface area (Å²) in [5, 5.41) is 26.0. The molecule has 2 aromatic rings. The van der Waals surface area contributed by atoms with Gasteiger partial charge < -0.3 is 15.2 Å². The van der Waals surface area contributed by atoms with Crippen molar-refractivity contribution in [3.8, 4) is 11.5 Å². The number of benzene rings is 2. The zero-order valence-corrected chi connectivity index (χ0v) is 15.2. The summed E-state index contributed by atoms with van der Waals surface area (Å²) in [6.45, 7) is 1.94. The number of methoxy groups -OCH3 is 1. The molecule has 2 aromatic carbocycles. The zero-order valence-electron chi connectivity index (χ0n) is 14.4. The van der Waals surface area contributed by atoms with E-state index in [1.807, 2.05) is 31.2 Å². The number of carbonyl (C=O) groups excluding carboxylic acids is 1. The summed E-state index contributed by atoms with van der Waals surface area (Å²) < 4.78 is 4.90. The maximum absolute atomic E-state index is 12.2. The minimum absolute atomic E-state index is 0.159. The molecule has 1 aliphatic heterocycles. The first-order valence-electron chi connectivity index (χ1n) is 7.77. The van der Waals surface area contributed by atoms with Gasteiger partial charge in [0.05, 0.1) is 22.6 Å². The van der Waals surface area contributed by atoms with Gasteiger partial charge in [-0.2, -0.15) is 0 Å². The predicted octanol–water partition coefficient (Wildman–Crippen LogP) is 2.88. The number of nitrogens with zero attached hydrogens (tertiary/aromatic N) is 2. The van der Waals surface area contributed by atoms with Crippen LogP contribution in [0.3, 0.4) is 0 Å². The van der Waals surface area contributed by atoms with Gasteiger partial charge in [-0.1, -0.05) is 12.1 Å². The van der Waals surface area contributed by atoms with Crippen LogP contribution in [-0.4, -0.2) is 23.1 Å². The Hall–Kier alpha value is -3.33. The van der Waals surface area contributed by atoms with Gasteiger partial charge in [0.25, 0.3) is 11.6 Å². The molecule has 138 valence electrons. The van der Waals surface area contributed by atoms with Gasteiger partial charge >= 0.3 is 0 Å². The van der Waals surface area contributed by atoms with Crippen LogP contribution >= 0.6 is 11.8 Å². The average molecular weight is 384 g/mol. The van der Waals surface area contributed by atoms with Gasteiger partial charge in [0.15, 0.2) is 5.17 Å².